The molecule has 1 heterocycles. The van der Waals surface area contributed by atoms with E-state index >= 15 is 0 Å². The van der Waals surface area contributed by atoms with Crippen molar-refractivity contribution in [2.24, 2.45) is 0 Å². The summed E-state index contributed by atoms with van der Waals surface area (Å²) in [4.78, 5) is 12.0. The van der Waals surface area contributed by atoms with Gasteiger partial charge in [-0.2, -0.15) is 0 Å². The lowest BCUT2D eigenvalue weighted by Crippen LogP contribution is -2.24. The number of carbonyl (C=O) groups excluding carboxylic acids is 1. The van der Waals surface area contributed by atoms with Gasteiger partial charge in [-0.15, -0.1) is 0 Å². The first-order valence-corrected chi connectivity index (χ1v) is 9.99. The van der Waals surface area contributed by atoms with Crippen LogP contribution in [0.2, 0.25) is 5.02 Å². The zero-order valence-corrected chi connectivity index (χ0v) is 15.7. The Labute approximate surface area is 155 Å². The number of hydrogen-bond donors (Lipinski definition) is 1. The van der Waals surface area contributed by atoms with E-state index in [1.165, 1.54) is 0 Å². The number of hydrogen-bond acceptors (Lipinski definition) is 4. The van der Waals surface area contributed by atoms with Crippen LogP contribution in [0, 0.1) is 0 Å². The second kappa shape index (κ2) is 10.4. The van der Waals surface area contributed by atoms with Gasteiger partial charge in [0, 0.05) is 35.6 Å². The van der Waals surface area contributed by atoms with Crippen molar-refractivity contribution < 1.29 is 18.2 Å². The fourth-order valence-electron chi connectivity index (χ4n) is 2.18. The topological polar surface area (TPSA) is 68.5 Å². The highest BCUT2D eigenvalue weighted by atomic mass is 35.5. The number of ether oxygens (including phenoxy) is 1. The lowest BCUT2D eigenvalue weighted by Gasteiger charge is -2.04. The molecule has 0 spiro atoms. The van der Waals surface area contributed by atoms with E-state index in [2.05, 4.69) is 5.32 Å². The molecule has 1 N–H and O–H groups in total. The largest absolute Gasteiger partial charge is 0.455 e. The van der Waals surface area contributed by atoms with E-state index in [1.807, 2.05) is 25.1 Å². The van der Waals surface area contributed by atoms with Gasteiger partial charge in [0.1, 0.15) is 5.76 Å². The summed E-state index contributed by atoms with van der Waals surface area (Å²) < 4.78 is 23.0. The average molecular weight is 384 g/mol. The Kier molecular flexibility index (Phi) is 8.18. The van der Waals surface area contributed by atoms with Crippen molar-refractivity contribution in [3.8, 4) is 0 Å². The zero-order valence-electron chi connectivity index (χ0n) is 14.1. The van der Waals surface area contributed by atoms with Gasteiger partial charge in [0.2, 0.25) is 0 Å². The highest BCUT2D eigenvalue weighted by molar-refractivity contribution is 7.83. The Morgan fingerprint density at radius 1 is 1.24 bits per heavy atom. The molecule has 0 bridgehead atoms. The minimum atomic E-state index is -1.17. The molecule has 0 saturated carbocycles. The first kappa shape index (κ1) is 19.7. The molecule has 2 aromatic rings. The smallest absolute Gasteiger partial charge is 0.286 e. The molecule has 1 aromatic heterocycles. The van der Waals surface area contributed by atoms with Crippen molar-refractivity contribution in [1.29, 1.82) is 0 Å². The molecular weight excluding hydrogens is 362 g/mol. The molecular formula is C18H22ClNO4S. The fourth-order valence-corrected chi connectivity index (χ4v) is 3.64. The van der Waals surface area contributed by atoms with E-state index in [0.717, 1.165) is 12.0 Å². The molecule has 136 valence electrons. The third kappa shape index (κ3) is 6.65. The summed E-state index contributed by atoms with van der Waals surface area (Å²) in [7, 11) is -1.17. The van der Waals surface area contributed by atoms with Crippen LogP contribution >= 0.6 is 11.6 Å². The summed E-state index contributed by atoms with van der Waals surface area (Å²) in [5, 5.41) is 3.37. The molecule has 0 aliphatic carbocycles. The molecule has 0 fully saturated rings. The number of amides is 1. The van der Waals surface area contributed by atoms with Crippen LogP contribution in [0.5, 0.6) is 0 Å². The van der Waals surface area contributed by atoms with Gasteiger partial charge in [-0.05, 0) is 37.1 Å². The van der Waals surface area contributed by atoms with Crippen molar-refractivity contribution in [3.63, 3.8) is 0 Å². The van der Waals surface area contributed by atoms with Crippen LogP contribution in [-0.2, 0) is 27.0 Å². The summed E-state index contributed by atoms with van der Waals surface area (Å²) in [6.45, 7) is 3.73. The van der Waals surface area contributed by atoms with E-state index in [-0.39, 0.29) is 17.4 Å². The number of furan rings is 1. The number of benzene rings is 1. The van der Waals surface area contributed by atoms with Gasteiger partial charge in [0.15, 0.2) is 5.76 Å². The van der Waals surface area contributed by atoms with Crippen LogP contribution in [0.4, 0.5) is 0 Å². The molecule has 1 atom stereocenters. The van der Waals surface area contributed by atoms with Crippen molar-refractivity contribution >= 4 is 28.3 Å². The van der Waals surface area contributed by atoms with Gasteiger partial charge in [-0.1, -0.05) is 29.8 Å². The van der Waals surface area contributed by atoms with Crippen LogP contribution in [0.3, 0.4) is 0 Å². The maximum absolute atomic E-state index is 12.3. The normalized spacial score (nSPS) is 12.1. The van der Waals surface area contributed by atoms with Crippen LogP contribution in [0.25, 0.3) is 0 Å². The SMILES string of the molecule is CCOCCCNC(=O)c1ccc(CS(=O)Cc2ccccc2Cl)o1. The Balaban J connectivity index is 1.81. The van der Waals surface area contributed by atoms with Gasteiger partial charge in [-0.3, -0.25) is 9.00 Å². The summed E-state index contributed by atoms with van der Waals surface area (Å²) in [6, 6.07) is 10.6. The number of halogens is 1. The molecule has 25 heavy (non-hydrogen) atoms. The van der Waals surface area contributed by atoms with Crippen LogP contribution in [-0.4, -0.2) is 29.9 Å². The van der Waals surface area contributed by atoms with Gasteiger partial charge >= 0.3 is 0 Å². The van der Waals surface area contributed by atoms with E-state index in [4.69, 9.17) is 20.8 Å². The molecule has 5 nitrogen and oxygen atoms in total. The van der Waals surface area contributed by atoms with Crippen LogP contribution in [0.1, 0.15) is 35.2 Å². The van der Waals surface area contributed by atoms with E-state index < -0.39 is 10.8 Å². The minimum Gasteiger partial charge on any atom is -0.455 e. The van der Waals surface area contributed by atoms with E-state index in [0.29, 0.717) is 36.3 Å². The molecule has 1 amide bonds. The predicted octanol–water partition coefficient (Wildman–Crippen LogP) is 3.54. The van der Waals surface area contributed by atoms with Gasteiger partial charge in [0.05, 0.1) is 11.5 Å². The molecule has 0 aliphatic rings. The van der Waals surface area contributed by atoms with E-state index in [9.17, 15) is 9.00 Å². The molecule has 1 unspecified atom stereocenters. The van der Waals surface area contributed by atoms with Gasteiger partial charge < -0.3 is 14.5 Å². The first-order valence-electron chi connectivity index (χ1n) is 8.13. The Hall–Kier alpha value is -1.63. The Morgan fingerprint density at radius 2 is 2.04 bits per heavy atom. The average Bonchev–Trinajstić information content (AvgIpc) is 3.05. The summed E-state index contributed by atoms with van der Waals surface area (Å²) >= 11 is 6.08. The summed E-state index contributed by atoms with van der Waals surface area (Å²) in [6.07, 6.45) is 0.745. The second-order valence-electron chi connectivity index (χ2n) is 5.39. The lowest BCUT2D eigenvalue weighted by atomic mass is 10.2. The van der Waals surface area contributed by atoms with Crippen LogP contribution in [0.15, 0.2) is 40.8 Å². The molecule has 0 saturated heterocycles. The zero-order chi connectivity index (χ0) is 18.1. The molecule has 2 rings (SSSR count). The fraction of sp³-hybridized carbons (Fsp3) is 0.389. The third-order valence-corrected chi connectivity index (χ3v) is 5.03. The third-order valence-electron chi connectivity index (χ3n) is 3.42. The maximum Gasteiger partial charge on any atom is 0.286 e. The van der Waals surface area contributed by atoms with Gasteiger partial charge in [0.25, 0.3) is 5.91 Å². The molecule has 7 heteroatoms. The van der Waals surface area contributed by atoms with E-state index in [1.54, 1.807) is 18.2 Å². The van der Waals surface area contributed by atoms with Crippen molar-refractivity contribution in [1.82, 2.24) is 5.32 Å². The summed E-state index contributed by atoms with van der Waals surface area (Å²) in [5.41, 5.74) is 0.835. The van der Waals surface area contributed by atoms with Crippen LogP contribution < -0.4 is 5.32 Å². The van der Waals surface area contributed by atoms with Crippen molar-refractivity contribution in [2.45, 2.75) is 24.9 Å². The summed E-state index contributed by atoms with van der Waals surface area (Å²) in [5.74, 6) is 1.05. The highest BCUT2D eigenvalue weighted by Gasteiger charge is 2.13. The monoisotopic (exact) mass is 383 g/mol. The molecule has 0 aliphatic heterocycles. The minimum absolute atomic E-state index is 0.223. The number of rotatable bonds is 10. The van der Waals surface area contributed by atoms with Gasteiger partial charge in [-0.25, -0.2) is 0 Å². The quantitative estimate of drug-likeness (QED) is 0.637. The molecule has 0 radical (unpaired) electrons. The number of nitrogens with one attached hydrogen (secondary N) is 1. The maximum atomic E-state index is 12.3. The highest BCUT2D eigenvalue weighted by Crippen LogP contribution is 2.18. The van der Waals surface area contributed by atoms with Crippen molar-refractivity contribution in [2.75, 3.05) is 19.8 Å². The predicted molar refractivity (Wildman–Crippen MR) is 99.2 cm³/mol. The number of carbonyl (C=O) groups is 1. The first-order chi connectivity index (χ1) is 12.1. The van der Waals surface area contributed by atoms with Crippen molar-refractivity contribution in [3.05, 3.63) is 58.5 Å². The standard InChI is InChI=1S/C18H22ClNO4S/c1-2-23-11-5-10-20-18(21)17-9-8-15(24-17)13-25(22)12-14-6-3-4-7-16(14)19/h3-4,6-9H,2,5,10-13H2,1H3,(H,20,21). The Bertz CT molecular complexity index is 717. The second-order valence-corrected chi connectivity index (χ2v) is 7.26. The molecule has 1 aromatic carbocycles. The lowest BCUT2D eigenvalue weighted by molar-refractivity contribution is 0.0915. The Morgan fingerprint density at radius 3 is 2.80 bits per heavy atom.